The summed E-state index contributed by atoms with van der Waals surface area (Å²) in [4.78, 5) is 38.3. The van der Waals surface area contributed by atoms with E-state index >= 15 is 0 Å². The van der Waals surface area contributed by atoms with Gasteiger partial charge in [-0.25, -0.2) is 0 Å². The molecule has 0 aliphatic heterocycles. The molecule has 0 heterocycles. The van der Waals surface area contributed by atoms with Gasteiger partial charge in [0.15, 0.2) is 6.10 Å². The summed E-state index contributed by atoms with van der Waals surface area (Å²) < 4.78 is 16.9. The number of hydrogen-bond donors (Lipinski definition) is 0. The van der Waals surface area contributed by atoms with E-state index in [-0.39, 0.29) is 31.1 Å². The molecule has 438 valence electrons. The van der Waals surface area contributed by atoms with Gasteiger partial charge in [0.2, 0.25) is 0 Å². The molecule has 0 saturated heterocycles. The Morgan fingerprint density at radius 2 is 0.506 bits per heavy atom. The third-order valence-corrected chi connectivity index (χ3v) is 13.5. The summed E-state index contributed by atoms with van der Waals surface area (Å²) in [5.74, 6) is -0.918. The van der Waals surface area contributed by atoms with Crippen molar-refractivity contribution in [3.8, 4) is 0 Å². The highest BCUT2D eigenvalue weighted by atomic mass is 16.6. The van der Waals surface area contributed by atoms with E-state index in [0.717, 1.165) is 135 Å². The summed E-state index contributed by atoms with van der Waals surface area (Å²) in [5, 5.41) is 0. The molecule has 0 aliphatic carbocycles. The van der Waals surface area contributed by atoms with Crippen LogP contribution in [0.15, 0.2) is 122 Å². The lowest BCUT2D eigenvalue weighted by molar-refractivity contribution is -0.167. The van der Waals surface area contributed by atoms with Crippen LogP contribution in [-0.4, -0.2) is 37.2 Å². The Bertz CT molecular complexity index is 1600. The number of ether oxygens (including phenoxy) is 3. The van der Waals surface area contributed by atoms with Gasteiger partial charge in [0.1, 0.15) is 13.2 Å². The highest BCUT2D eigenvalue weighted by Crippen LogP contribution is 2.15. The molecule has 0 spiro atoms. The van der Waals surface area contributed by atoms with Gasteiger partial charge in [0.05, 0.1) is 0 Å². The Kier molecular flexibility index (Phi) is 60.8. The standard InChI is InChI=1S/C71H118O6/c1-4-7-10-13-16-19-22-25-27-29-30-31-32-33-34-35-36-37-38-39-40-42-43-46-49-52-55-58-61-64-70(73)76-67-68(66-75-69(72)63-60-57-54-51-48-45-24-21-18-15-12-9-6-3)77-71(74)65-62-59-56-53-50-47-44-41-28-26-23-20-17-14-11-8-5-2/h7,10,16-17,19-20,25-28,30-31,33-34,36-37,39-40,43,46,68H,4-6,8-9,11-15,18,21-24,29,32,35,38,41-42,44-45,47-67H2,1-3H3/b10-7-,19-16-,20-17-,27-25-,28-26-,31-30-,34-33-,37-36-,40-39-,46-43-. The average Bonchev–Trinajstić information content (AvgIpc) is 3.43. The summed E-state index contributed by atoms with van der Waals surface area (Å²) in [7, 11) is 0. The highest BCUT2D eigenvalue weighted by molar-refractivity contribution is 5.71. The van der Waals surface area contributed by atoms with Crippen molar-refractivity contribution in [3.63, 3.8) is 0 Å². The summed E-state index contributed by atoms with van der Waals surface area (Å²) in [6.45, 7) is 6.49. The van der Waals surface area contributed by atoms with Gasteiger partial charge in [-0.05, 0) is 116 Å². The molecule has 6 nitrogen and oxygen atoms in total. The molecule has 0 fully saturated rings. The maximum absolute atomic E-state index is 12.9. The summed E-state index contributed by atoms with van der Waals surface area (Å²) in [6.07, 6.45) is 89.1. The number of hydrogen-bond acceptors (Lipinski definition) is 6. The number of carbonyl (C=O) groups excluding carboxylic acids is 3. The number of rotatable bonds is 57. The molecule has 0 bridgehead atoms. The van der Waals surface area contributed by atoms with Crippen LogP contribution in [0.25, 0.3) is 0 Å². The van der Waals surface area contributed by atoms with Crippen LogP contribution in [0.1, 0.15) is 290 Å². The van der Waals surface area contributed by atoms with E-state index in [1.807, 2.05) is 0 Å². The van der Waals surface area contributed by atoms with Crippen molar-refractivity contribution in [3.05, 3.63) is 122 Å². The zero-order valence-corrected chi connectivity index (χ0v) is 50.2. The van der Waals surface area contributed by atoms with Gasteiger partial charge in [0.25, 0.3) is 0 Å². The minimum absolute atomic E-state index is 0.0893. The molecule has 0 aromatic carbocycles. The minimum atomic E-state index is -0.795. The van der Waals surface area contributed by atoms with E-state index in [4.69, 9.17) is 14.2 Å². The summed E-state index contributed by atoms with van der Waals surface area (Å²) in [5.41, 5.74) is 0. The molecule has 0 rings (SSSR count). The Hall–Kier alpha value is -4.19. The van der Waals surface area contributed by atoms with Crippen LogP contribution < -0.4 is 0 Å². The molecular formula is C71H118O6. The van der Waals surface area contributed by atoms with E-state index in [9.17, 15) is 14.4 Å². The van der Waals surface area contributed by atoms with Gasteiger partial charge < -0.3 is 14.2 Å². The fourth-order valence-corrected chi connectivity index (χ4v) is 8.67. The molecule has 0 saturated carbocycles. The second-order valence-electron chi connectivity index (χ2n) is 20.9. The summed E-state index contributed by atoms with van der Waals surface area (Å²) >= 11 is 0. The fraction of sp³-hybridized carbons (Fsp3) is 0.676. The van der Waals surface area contributed by atoms with Gasteiger partial charge in [-0.15, -0.1) is 0 Å². The normalized spacial score (nSPS) is 12.9. The van der Waals surface area contributed by atoms with Crippen molar-refractivity contribution >= 4 is 17.9 Å². The van der Waals surface area contributed by atoms with Crippen molar-refractivity contribution in [1.82, 2.24) is 0 Å². The zero-order chi connectivity index (χ0) is 55.7. The Morgan fingerprint density at radius 3 is 0.818 bits per heavy atom. The fourth-order valence-electron chi connectivity index (χ4n) is 8.67. The van der Waals surface area contributed by atoms with Gasteiger partial charge in [-0.3, -0.25) is 14.4 Å². The number of esters is 3. The van der Waals surface area contributed by atoms with Crippen LogP contribution in [0.5, 0.6) is 0 Å². The minimum Gasteiger partial charge on any atom is -0.462 e. The first-order valence-corrected chi connectivity index (χ1v) is 32.0. The molecular weight excluding hydrogens is 949 g/mol. The Morgan fingerprint density at radius 1 is 0.273 bits per heavy atom. The van der Waals surface area contributed by atoms with E-state index in [0.29, 0.717) is 19.3 Å². The predicted octanol–water partition coefficient (Wildman–Crippen LogP) is 22.0. The largest absolute Gasteiger partial charge is 0.462 e. The molecule has 0 aromatic rings. The molecule has 6 heteroatoms. The first-order valence-electron chi connectivity index (χ1n) is 32.0. The molecule has 0 N–H and O–H groups in total. The van der Waals surface area contributed by atoms with Gasteiger partial charge >= 0.3 is 17.9 Å². The summed E-state index contributed by atoms with van der Waals surface area (Å²) in [6, 6.07) is 0. The van der Waals surface area contributed by atoms with Crippen molar-refractivity contribution < 1.29 is 28.6 Å². The molecule has 1 unspecified atom stereocenters. The number of allylic oxidation sites excluding steroid dienone is 20. The third kappa shape index (κ3) is 62.5. The van der Waals surface area contributed by atoms with Crippen molar-refractivity contribution in [2.45, 2.75) is 297 Å². The lowest BCUT2D eigenvalue weighted by Crippen LogP contribution is -2.30. The van der Waals surface area contributed by atoms with E-state index < -0.39 is 6.10 Å². The van der Waals surface area contributed by atoms with E-state index in [1.165, 1.54) is 116 Å². The molecule has 0 aromatic heterocycles. The van der Waals surface area contributed by atoms with Crippen LogP contribution in [0.4, 0.5) is 0 Å². The first-order chi connectivity index (χ1) is 38.0. The van der Waals surface area contributed by atoms with E-state index in [1.54, 1.807) is 0 Å². The zero-order valence-electron chi connectivity index (χ0n) is 50.2. The Balaban J connectivity index is 4.38. The van der Waals surface area contributed by atoms with Crippen molar-refractivity contribution in [1.29, 1.82) is 0 Å². The van der Waals surface area contributed by atoms with Crippen molar-refractivity contribution in [2.75, 3.05) is 13.2 Å². The first kappa shape index (κ1) is 72.8. The smallest absolute Gasteiger partial charge is 0.306 e. The van der Waals surface area contributed by atoms with Gasteiger partial charge in [0, 0.05) is 19.3 Å². The van der Waals surface area contributed by atoms with Gasteiger partial charge in [-0.2, -0.15) is 0 Å². The van der Waals surface area contributed by atoms with Crippen LogP contribution in [0.2, 0.25) is 0 Å². The quantitative estimate of drug-likeness (QED) is 0.0261. The molecule has 0 aliphatic rings. The van der Waals surface area contributed by atoms with Crippen LogP contribution >= 0.6 is 0 Å². The second-order valence-corrected chi connectivity index (χ2v) is 20.9. The van der Waals surface area contributed by atoms with Gasteiger partial charge in [-0.1, -0.05) is 277 Å². The number of carbonyl (C=O) groups is 3. The third-order valence-electron chi connectivity index (χ3n) is 13.5. The topological polar surface area (TPSA) is 78.9 Å². The molecule has 0 radical (unpaired) electrons. The molecule has 0 amide bonds. The second kappa shape index (κ2) is 64.3. The Labute approximate surface area is 475 Å². The molecule has 77 heavy (non-hydrogen) atoms. The lowest BCUT2D eigenvalue weighted by Gasteiger charge is -2.18. The monoisotopic (exact) mass is 1070 g/mol. The van der Waals surface area contributed by atoms with E-state index in [2.05, 4.69) is 142 Å². The van der Waals surface area contributed by atoms with Crippen LogP contribution in [-0.2, 0) is 28.6 Å². The molecule has 1 atom stereocenters. The highest BCUT2D eigenvalue weighted by Gasteiger charge is 2.19. The maximum Gasteiger partial charge on any atom is 0.306 e. The maximum atomic E-state index is 12.9. The lowest BCUT2D eigenvalue weighted by atomic mass is 10.0. The predicted molar refractivity (Wildman–Crippen MR) is 334 cm³/mol. The van der Waals surface area contributed by atoms with Crippen LogP contribution in [0, 0.1) is 0 Å². The average molecular weight is 1070 g/mol. The van der Waals surface area contributed by atoms with Crippen LogP contribution in [0.3, 0.4) is 0 Å². The number of unbranched alkanes of at least 4 members (excludes halogenated alkanes) is 26. The van der Waals surface area contributed by atoms with Crippen molar-refractivity contribution in [2.24, 2.45) is 0 Å². The SMILES string of the molecule is CC/C=C\C/C=C\C/C=C\C/C=C\C/C=C\C/C=C\C/C=C\C/C=C\CCCCCCC(=O)OCC(COC(=O)CCCCCCCCCCCCCCC)OC(=O)CCCCCCCCC/C=C\C/C=C\CCCCC.